The molecule has 2 aromatic rings. The van der Waals surface area contributed by atoms with Crippen molar-refractivity contribution in [3.05, 3.63) is 54.0 Å². The molecule has 1 aromatic carbocycles. The van der Waals surface area contributed by atoms with Gasteiger partial charge in [0.25, 0.3) is 0 Å². The van der Waals surface area contributed by atoms with E-state index in [1.54, 1.807) is 11.2 Å². The number of aryl methyl sites for hydroxylation is 1. The molecule has 0 radical (unpaired) electrons. The molecule has 20 heavy (non-hydrogen) atoms. The van der Waals surface area contributed by atoms with Gasteiger partial charge in [-0.2, -0.15) is 0 Å². The number of nitrogens with two attached hydrogens (primary N) is 1. The number of rotatable bonds is 5. The van der Waals surface area contributed by atoms with E-state index in [9.17, 15) is 4.79 Å². The molecule has 2 N–H and O–H groups in total. The van der Waals surface area contributed by atoms with Crippen molar-refractivity contribution in [1.29, 1.82) is 0 Å². The van der Waals surface area contributed by atoms with Crippen LogP contribution in [0.2, 0.25) is 0 Å². The van der Waals surface area contributed by atoms with Gasteiger partial charge in [-0.3, -0.25) is 4.79 Å². The average Bonchev–Trinajstić information content (AvgIpc) is 2.96. The summed E-state index contributed by atoms with van der Waals surface area (Å²) in [7, 11) is 1.82. The lowest BCUT2D eigenvalue weighted by atomic mass is 10.1. The number of amides is 1. The second-order valence-electron chi connectivity index (χ2n) is 4.93. The van der Waals surface area contributed by atoms with Crippen LogP contribution in [0.3, 0.4) is 0 Å². The molecule has 2 rings (SSSR count). The smallest absolute Gasteiger partial charge is 0.223 e. The quantitative estimate of drug-likeness (QED) is 0.851. The van der Waals surface area contributed by atoms with E-state index in [1.165, 1.54) is 0 Å². The minimum absolute atomic E-state index is 0.00241. The van der Waals surface area contributed by atoms with E-state index in [4.69, 9.17) is 10.2 Å². The first-order valence-corrected chi connectivity index (χ1v) is 6.71. The predicted molar refractivity (Wildman–Crippen MR) is 79.1 cm³/mol. The molecular weight excluding hydrogens is 252 g/mol. The van der Waals surface area contributed by atoms with Crippen molar-refractivity contribution in [2.45, 2.75) is 25.8 Å². The largest absolute Gasteiger partial charge is 0.469 e. The van der Waals surface area contributed by atoms with E-state index in [1.807, 2.05) is 50.4 Å². The molecule has 1 amide bonds. The average molecular weight is 272 g/mol. The Labute approximate surface area is 119 Å². The summed E-state index contributed by atoms with van der Waals surface area (Å²) in [6, 6.07) is 11.4. The van der Waals surface area contributed by atoms with Crippen LogP contribution in [0.25, 0.3) is 0 Å². The highest BCUT2D eigenvalue weighted by molar-refractivity contribution is 5.76. The van der Waals surface area contributed by atoms with Crippen molar-refractivity contribution < 1.29 is 9.21 Å². The van der Waals surface area contributed by atoms with Crippen LogP contribution in [0.15, 0.2) is 47.1 Å². The number of hydrogen-bond acceptors (Lipinski definition) is 3. The maximum absolute atomic E-state index is 12.2. The summed E-state index contributed by atoms with van der Waals surface area (Å²) in [6.45, 7) is 2.00. The van der Waals surface area contributed by atoms with Gasteiger partial charge in [0, 0.05) is 25.6 Å². The summed E-state index contributed by atoms with van der Waals surface area (Å²) >= 11 is 0. The third-order valence-corrected chi connectivity index (χ3v) is 3.53. The van der Waals surface area contributed by atoms with Gasteiger partial charge in [0.1, 0.15) is 5.76 Å². The number of benzene rings is 1. The van der Waals surface area contributed by atoms with Crippen LogP contribution in [0.1, 0.15) is 30.7 Å². The van der Waals surface area contributed by atoms with Gasteiger partial charge in [0.2, 0.25) is 5.91 Å². The Morgan fingerprint density at radius 1 is 1.35 bits per heavy atom. The summed E-state index contributed by atoms with van der Waals surface area (Å²) in [5, 5.41) is 0. The molecule has 1 heterocycles. The van der Waals surface area contributed by atoms with Gasteiger partial charge in [0.05, 0.1) is 12.3 Å². The molecule has 106 valence electrons. The molecule has 1 aromatic heterocycles. The first-order chi connectivity index (χ1) is 9.58. The third-order valence-electron chi connectivity index (χ3n) is 3.53. The van der Waals surface area contributed by atoms with Crippen molar-refractivity contribution in [2.75, 3.05) is 12.8 Å². The summed E-state index contributed by atoms with van der Waals surface area (Å²) in [6.07, 6.45) is 2.69. The van der Waals surface area contributed by atoms with Crippen LogP contribution in [0.5, 0.6) is 0 Å². The topological polar surface area (TPSA) is 59.5 Å². The Bertz CT molecular complexity index is 564. The minimum atomic E-state index is 0.00241. The number of anilines is 1. The lowest BCUT2D eigenvalue weighted by molar-refractivity contribution is -0.131. The minimum Gasteiger partial charge on any atom is -0.469 e. The molecule has 1 unspecified atom stereocenters. The van der Waals surface area contributed by atoms with Crippen molar-refractivity contribution in [2.24, 2.45) is 0 Å². The standard InChI is InChI=1S/C16H20N2O2/c1-12(13-5-3-6-14(17)11-13)18(2)16(19)9-8-15-7-4-10-20-15/h3-7,10-12H,8-9,17H2,1-2H3. The lowest BCUT2D eigenvalue weighted by Gasteiger charge is -2.25. The van der Waals surface area contributed by atoms with E-state index < -0.39 is 0 Å². The normalized spacial score (nSPS) is 12.1. The zero-order valence-corrected chi connectivity index (χ0v) is 11.9. The number of nitrogen functional groups attached to an aromatic ring is 1. The molecule has 0 spiro atoms. The lowest BCUT2D eigenvalue weighted by Crippen LogP contribution is -2.29. The maximum Gasteiger partial charge on any atom is 0.223 e. The Morgan fingerprint density at radius 2 is 2.15 bits per heavy atom. The van der Waals surface area contributed by atoms with Crippen molar-refractivity contribution in [1.82, 2.24) is 4.90 Å². The molecule has 0 saturated carbocycles. The summed E-state index contributed by atoms with van der Waals surface area (Å²) in [5.74, 6) is 0.930. The molecule has 4 nitrogen and oxygen atoms in total. The van der Waals surface area contributed by atoms with Crippen molar-refractivity contribution >= 4 is 11.6 Å². The van der Waals surface area contributed by atoms with E-state index in [0.717, 1.165) is 11.3 Å². The molecule has 4 heteroatoms. The number of hydrogen-bond donors (Lipinski definition) is 1. The Morgan fingerprint density at radius 3 is 2.80 bits per heavy atom. The predicted octanol–water partition coefficient (Wildman–Crippen LogP) is 3.01. The van der Waals surface area contributed by atoms with E-state index in [0.29, 0.717) is 18.5 Å². The highest BCUT2D eigenvalue weighted by atomic mass is 16.3. The number of carbonyl (C=O) groups is 1. The van der Waals surface area contributed by atoms with Crippen LogP contribution in [-0.2, 0) is 11.2 Å². The van der Waals surface area contributed by atoms with Gasteiger partial charge >= 0.3 is 0 Å². The Hall–Kier alpha value is -2.23. The van der Waals surface area contributed by atoms with Crippen molar-refractivity contribution in [3.8, 4) is 0 Å². The second-order valence-corrected chi connectivity index (χ2v) is 4.93. The zero-order chi connectivity index (χ0) is 14.5. The van der Waals surface area contributed by atoms with Crippen LogP contribution < -0.4 is 5.73 Å². The molecule has 0 bridgehead atoms. The Balaban J connectivity index is 1.95. The van der Waals surface area contributed by atoms with Crippen molar-refractivity contribution in [3.63, 3.8) is 0 Å². The molecule has 0 aliphatic heterocycles. The third kappa shape index (κ3) is 3.41. The first kappa shape index (κ1) is 14.2. The summed E-state index contributed by atoms with van der Waals surface area (Å²) < 4.78 is 5.24. The number of furan rings is 1. The van der Waals surface area contributed by atoms with Gasteiger partial charge < -0.3 is 15.1 Å². The van der Waals surface area contributed by atoms with Crippen LogP contribution in [0.4, 0.5) is 5.69 Å². The van der Waals surface area contributed by atoms with E-state index in [-0.39, 0.29) is 11.9 Å². The second kappa shape index (κ2) is 6.28. The first-order valence-electron chi connectivity index (χ1n) is 6.71. The number of nitrogens with zero attached hydrogens (tertiary/aromatic N) is 1. The highest BCUT2D eigenvalue weighted by Crippen LogP contribution is 2.21. The molecule has 0 aliphatic rings. The maximum atomic E-state index is 12.2. The van der Waals surface area contributed by atoms with Gasteiger partial charge in [0.15, 0.2) is 0 Å². The molecule has 0 fully saturated rings. The van der Waals surface area contributed by atoms with Gasteiger partial charge in [-0.25, -0.2) is 0 Å². The summed E-state index contributed by atoms with van der Waals surface area (Å²) in [5.41, 5.74) is 7.53. The fraction of sp³-hybridized carbons (Fsp3) is 0.312. The van der Waals surface area contributed by atoms with Crippen LogP contribution >= 0.6 is 0 Å². The Kier molecular flexibility index (Phi) is 4.45. The molecule has 0 saturated heterocycles. The van der Waals surface area contributed by atoms with Crippen LogP contribution in [-0.4, -0.2) is 17.9 Å². The van der Waals surface area contributed by atoms with Gasteiger partial charge in [-0.1, -0.05) is 12.1 Å². The van der Waals surface area contributed by atoms with Crippen LogP contribution in [0, 0.1) is 0 Å². The molecule has 0 aliphatic carbocycles. The van der Waals surface area contributed by atoms with Gasteiger partial charge in [-0.15, -0.1) is 0 Å². The van der Waals surface area contributed by atoms with E-state index >= 15 is 0 Å². The van der Waals surface area contributed by atoms with E-state index in [2.05, 4.69) is 0 Å². The fourth-order valence-corrected chi connectivity index (χ4v) is 2.12. The molecular formula is C16H20N2O2. The zero-order valence-electron chi connectivity index (χ0n) is 11.9. The monoisotopic (exact) mass is 272 g/mol. The number of carbonyl (C=O) groups excluding carboxylic acids is 1. The fourth-order valence-electron chi connectivity index (χ4n) is 2.12. The highest BCUT2D eigenvalue weighted by Gasteiger charge is 2.17. The summed E-state index contributed by atoms with van der Waals surface area (Å²) in [4.78, 5) is 13.9. The van der Waals surface area contributed by atoms with Gasteiger partial charge in [-0.05, 0) is 36.8 Å². The SMILES string of the molecule is CC(c1cccc(N)c1)N(C)C(=O)CCc1ccco1. The molecule has 1 atom stereocenters.